The molecule has 19 heavy (non-hydrogen) atoms. The maximum Gasteiger partial charge on any atom is 0.120 e. The summed E-state index contributed by atoms with van der Waals surface area (Å²) in [7, 11) is 1.62. The van der Waals surface area contributed by atoms with Crippen LogP contribution in [0.15, 0.2) is 30.3 Å². The maximum absolute atomic E-state index is 9.42. The highest BCUT2D eigenvalue weighted by Gasteiger charge is 2.12. The molecule has 2 aromatic rings. The molecular weight excluding hydrogens is 240 g/mol. The highest BCUT2D eigenvalue weighted by molar-refractivity contribution is 5.88. The second-order valence-electron chi connectivity index (χ2n) is 5.54. The van der Waals surface area contributed by atoms with Gasteiger partial charge in [-0.1, -0.05) is 6.07 Å². The van der Waals surface area contributed by atoms with Gasteiger partial charge in [-0.25, -0.2) is 0 Å². The fourth-order valence-corrected chi connectivity index (χ4v) is 2.06. The van der Waals surface area contributed by atoms with Crippen LogP contribution in [-0.2, 0) is 6.61 Å². The Bertz CT molecular complexity index is 582. The molecule has 0 radical (unpaired) electrons. The molecule has 0 heterocycles. The Balaban J connectivity index is 2.52. The summed E-state index contributed by atoms with van der Waals surface area (Å²) in [5, 5.41) is 11.4. The fourth-order valence-electron chi connectivity index (χ4n) is 2.06. The first-order chi connectivity index (χ1) is 8.93. The lowest BCUT2D eigenvalue weighted by Crippen LogP contribution is -2.22. The number of hydrogen-bond donors (Lipinski definition) is 1. The number of hydrogen-bond acceptors (Lipinski definition) is 3. The van der Waals surface area contributed by atoms with Gasteiger partial charge in [-0.05, 0) is 61.4 Å². The highest BCUT2D eigenvalue weighted by Crippen LogP contribution is 2.30. The first kappa shape index (κ1) is 13.7. The van der Waals surface area contributed by atoms with Gasteiger partial charge in [0.05, 0.1) is 13.7 Å². The molecule has 0 saturated heterocycles. The molecule has 2 rings (SSSR count). The van der Waals surface area contributed by atoms with Crippen LogP contribution in [0, 0.1) is 0 Å². The number of methoxy groups -OCH3 is 1. The minimum atomic E-state index is -0.230. The van der Waals surface area contributed by atoms with Gasteiger partial charge in [0.15, 0.2) is 0 Å². The second kappa shape index (κ2) is 5.10. The van der Waals surface area contributed by atoms with Crippen molar-refractivity contribution in [3.05, 3.63) is 35.9 Å². The Labute approximate surface area is 113 Å². The van der Waals surface area contributed by atoms with Gasteiger partial charge in [0.2, 0.25) is 0 Å². The molecule has 0 amide bonds. The molecule has 0 fully saturated rings. The predicted octanol–water partition coefficient (Wildman–Crippen LogP) is 3.52. The predicted molar refractivity (Wildman–Crippen MR) is 76.8 cm³/mol. The summed E-state index contributed by atoms with van der Waals surface area (Å²) in [6.45, 7) is 6.04. The van der Waals surface area contributed by atoms with Crippen LogP contribution < -0.4 is 9.47 Å². The molecule has 2 aromatic carbocycles. The number of benzene rings is 2. The van der Waals surface area contributed by atoms with Crippen molar-refractivity contribution in [1.82, 2.24) is 0 Å². The SMILES string of the molecule is COc1cc(CO)c2ccc(OC(C)(C)C)cc2c1. The van der Waals surface area contributed by atoms with E-state index in [1.54, 1.807) is 7.11 Å². The molecule has 0 atom stereocenters. The highest BCUT2D eigenvalue weighted by atomic mass is 16.5. The van der Waals surface area contributed by atoms with Crippen LogP contribution in [0.5, 0.6) is 11.5 Å². The minimum absolute atomic E-state index is 0.00677. The average Bonchev–Trinajstić information content (AvgIpc) is 2.35. The topological polar surface area (TPSA) is 38.7 Å². The second-order valence-corrected chi connectivity index (χ2v) is 5.54. The molecule has 0 saturated carbocycles. The van der Waals surface area contributed by atoms with E-state index in [0.717, 1.165) is 27.8 Å². The van der Waals surface area contributed by atoms with Crippen molar-refractivity contribution in [3.8, 4) is 11.5 Å². The van der Waals surface area contributed by atoms with Gasteiger partial charge in [0.1, 0.15) is 17.1 Å². The molecular formula is C16H20O3. The third-order valence-corrected chi connectivity index (χ3v) is 2.81. The molecule has 1 N–H and O–H groups in total. The minimum Gasteiger partial charge on any atom is -0.497 e. The van der Waals surface area contributed by atoms with E-state index in [2.05, 4.69) is 0 Å². The summed E-state index contributed by atoms with van der Waals surface area (Å²) >= 11 is 0. The van der Waals surface area contributed by atoms with E-state index < -0.39 is 0 Å². The van der Waals surface area contributed by atoms with Crippen molar-refractivity contribution < 1.29 is 14.6 Å². The molecule has 3 nitrogen and oxygen atoms in total. The van der Waals surface area contributed by atoms with Gasteiger partial charge < -0.3 is 14.6 Å². The quantitative estimate of drug-likeness (QED) is 0.917. The first-order valence-electron chi connectivity index (χ1n) is 6.33. The Hall–Kier alpha value is -1.74. The van der Waals surface area contributed by atoms with Crippen LogP contribution in [0.4, 0.5) is 0 Å². The molecule has 3 heteroatoms. The zero-order chi connectivity index (χ0) is 14.0. The van der Waals surface area contributed by atoms with E-state index in [0.29, 0.717) is 0 Å². The summed E-state index contributed by atoms with van der Waals surface area (Å²) in [5.41, 5.74) is 0.628. The van der Waals surface area contributed by atoms with Crippen molar-refractivity contribution in [2.75, 3.05) is 7.11 Å². The number of ether oxygens (including phenoxy) is 2. The van der Waals surface area contributed by atoms with Gasteiger partial charge in [0.25, 0.3) is 0 Å². The van der Waals surface area contributed by atoms with Crippen molar-refractivity contribution in [2.24, 2.45) is 0 Å². The largest absolute Gasteiger partial charge is 0.497 e. The van der Waals surface area contributed by atoms with Crippen molar-refractivity contribution in [1.29, 1.82) is 0 Å². The average molecular weight is 260 g/mol. The zero-order valence-corrected chi connectivity index (χ0v) is 11.9. The Kier molecular flexibility index (Phi) is 3.67. The number of fused-ring (bicyclic) bond motifs is 1. The summed E-state index contributed by atoms with van der Waals surface area (Å²) < 4.78 is 11.1. The van der Waals surface area contributed by atoms with Gasteiger partial charge in [0, 0.05) is 0 Å². The lowest BCUT2D eigenvalue weighted by molar-refractivity contribution is 0.131. The Morgan fingerprint density at radius 3 is 2.32 bits per heavy atom. The number of aliphatic hydroxyl groups is 1. The van der Waals surface area contributed by atoms with E-state index in [4.69, 9.17) is 9.47 Å². The van der Waals surface area contributed by atoms with E-state index in [1.807, 2.05) is 51.1 Å². The van der Waals surface area contributed by atoms with Gasteiger partial charge in [-0.3, -0.25) is 0 Å². The lowest BCUT2D eigenvalue weighted by Gasteiger charge is -2.21. The normalized spacial score (nSPS) is 11.6. The summed E-state index contributed by atoms with van der Waals surface area (Å²) in [5.74, 6) is 1.56. The van der Waals surface area contributed by atoms with Crippen LogP contribution >= 0.6 is 0 Å². The third kappa shape index (κ3) is 3.18. The van der Waals surface area contributed by atoms with Crippen LogP contribution in [0.1, 0.15) is 26.3 Å². The Morgan fingerprint density at radius 1 is 1.05 bits per heavy atom. The van der Waals surface area contributed by atoms with E-state index in [9.17, 15) is 5.11 Å². The van der Waals surface area contributed by atoms with Crippen LogP contribution in [0.3, 0.4) is 0 Å². The molecule has 0 aliphatic rings. The molecule has 0 bridgehead atoms. The monoisotopic (exact) mass is 260 g/mol. The standard InChI is InChI=1S/C16H20O3/c1-16(2,3)19-13-5-6-15-11(7-13)8-14(18-4)9-12(15)10-17/h5-9,17H,10H2,1-4H3. The molecule has 0 aliphatic heterocycles. The summed E-state index contributed by atoms with van der Waals surface area (Å²) in [6, 6.07) is 9.68. The van der Waals surface area contributed by atoms with Crippen molar-refractivity contribution in [2.45, 2.75) is 33.0 Å². The lowest BCUT2D eigenvalue weighted by atomic mass is 10.0. The van der Waals surface area contributed by atoms with Gasteiger partial charge in [-0.15, -0.1) is 0 Å². The Morgan fingerprint density at radius 2 is 1.74 bits per heavy atom. The van der Waals surface area contributed by atoms with Crippen molar-refractivity contribution in [3.63, 3.8) is 0 Å². The van der Waals surface area contributed by atoms with E-state index in [1.165, 1.54) is 0 Å². The molecule has 0 aliphatic carbocycles. The van der Waals surface area contributed by atoms with E-state index in [-0.39, 0.29) is 12.2 Å². The molecule has 0 spiro atoms. The smallest absolute Gasteiger partial charge is 0.120 e. The number of aliphatic hydroxyl groups excluding tert-OH is 1. The number of rotatable bonds is 3. The molecule has 102 valence electrons. The zero-order valence-electron chi connectivity index (χ0n) is 11.9. The summed E-state index contributed by atoms with van der Waals surface area (Å²) in [4.78, 5) is 0. The van der Waals surface area contributed by atoms with Crippen LogP contribution in [0.2, 0.25) is 0 Å². The fraction of sp³-hybridized carbons (Fsp3) is 0.375. The van der Waals surface area contributed by atoms with Crippen LogP contribution in [0.25, 0.3) is 10.8 Å². The van der Waals surface area contributed by atoms with Crippen LogP contribution in [-0.4, -0.2) is 17.8 Å². The van der Waals surface area contributed by atoms with Gasteiger partial charge in [-0.2, -0.15) is 0 Å². The molecule has 0 unspecified atom stereocenters. The summed E-state index contributed by atoms with van der Waals surface area (Å²) in [6.07, 6.45) is 0. The van der Waals surface area contributed by atoms with Gasteiger partial charge >= 0.3 is 0 Å². The third-order valence-electron chi connectivity index (χ3n) is 2.81. The van der Waals surface area contributed by atoms with Crippen molar-refractivity contribution >= 4 is 10.8 Å². The molecule has 0 aromatic heterocycles. The maximum atomic E-state index is 9.42. The van der Waals surface area contributed by atoms with E-state index >= 15 is 0 Å². The first-order valence-corrected chi connectivity index (χ1v) is 6.33.